The molecule has 1 fully saturated rings. The number of methoxy groups -OCH3 is 3. The van der Waals surface area contributed by atoms with E-state index in [1.165, 1.54) is 5.56 Å². The van der Waals surface area contributed by atoms with Gasteiger partial charge in [0.15, 0.2) is 0 Å². The molecule has 0 aliphatic carbocycles. The molecule has 2 heterocycles. The first-order chi connectivity index (χ1) is 16.6. The summed E-state index contributed by atoms with van der Waals surface area (Å²) in [6, 6.07) is 14.3. The smallest absolute Gasteiger partial charge is 0.237 e. The van der Waals surface area contributed by atoms with Gasteiger partial charge >= 0.3 is 0 Å². The molecular formula is C27H35N3O4. The fourth-order valence-electron chi connectivity index (χ4n) is 4.68. The van der Waals surface area contributed by atoms with E-state index in [9.17, 15) is 4.79 Å². The Morgan fingerprint density at radius 3 is 2.06 bits per heavy atom. The second kappa shape index (κ2) is 11.4. The number of ether oxygens (including phenoxy) is 3. The lowest BCUT2D eigenvalue weighted by molar-refractivity contribution is -0.132. The first kappa shape index (κ1) is 24.1. The molecule has 2 aromatic rings. The van der Waals surface area contributed by atoms with Crippen molar-refractivity contribution in [3.63, 3.8) is 0 Å². The number of piperazine rings is 1. The Morgan fingerprint density at radius 1 is 0.853 bits per heavy atom. The average molecular weight is 466 g/mol. The molecule has 2 aliphatic heterocycles. The highest BCUT2D eigenvalue weighted by Gasteiger charge is 2.25. The van der Waals surface area contributed by atoms with E-state index in [1.54, 1.807) is 21.3 Å². The third kappa shape index (κ3) is 5.72. The minimum atomic E-state index is 0.195. The quantitative estimate of drug-likeness (QED) is 0.597. The largest absolute Gasteiger partial charge is 0.496 e. The SMILES string of the molecule is COc1cc(OC)c(C2=CCN(C(=O)CN3CCN(Cc4ccccc4)CC3)CC2)c(OC)c1. The zero-order chi connectivity index (χ0) is 23.9. The lowest BCUT2D eigenvalue weighted by atomic mass is 9.97. The molecule has 1 saturated heterocycles. The molecule has 0 radical (unpaired) electrons. The van der Waals surface area contributed by atoms with E-state index in [4.69, 9.17) is 14.2 Å². The van der Waals surface area contributed by atoms with Crippen LogP contribution in [0.4, 0.5) is 0 Å². The van der Waals surface area contributed by atoms with Crippen LogP contribution in [-0.4, -0.2) is 87.7 Å². The monoisotopic (exact) mass is 465 g/mol. The van der Waals surface area contributed by atoms with Gasteiger partial charge in [0.25, 0.3) is 0 Å². The average Bonchev–Trinajstić information content (AvgIpc) is 2.89. The number of hydrogen-bond acceptors (Lipinski definition) is 6. The summed E-state index contributed by atoms with van der Waals surface area (Å²) < 4.78 is 16.6. The fraction of sp³-hybridized carbons (Fsp3) is 0.444. The van der Waals surface area contributed by atoms with Crippen LogP contribution >= 0.6 is 0 Å². The van der Waals surface area contributed by atoms with Gasteiger partial charge in [-0.15, -0.1) is 0 Å². The fourth-order valence-corrected chi connectivity index (χ4v) is 4.68. The van der Waals surface area contributed by atoms with Gasteiger partial charge in [0.05, 0.1) is 33.4 Å². The third-order valence-corrected chi connectivity index (χ3v) is 6.67. The molecule has 4 rings (SSSR count). The zero-order valence-corrected chi connectivity index (χ0v) is 20.5. The molecule has 7 nitrogen and oxygen atoms in total. The molecule has 7 heteroatoms. The van der Waals surface area contributed by atoms with Crippen LogP contribution in [0.1, 0.15) is 17.5 Å². The van der Waals surface area contributed by atoms with Crippen molar-refractivity contribution < 1.29 is 19.0 Å². The van der Waals surface area contributed by atoms with E-state index < -0.39 is 0 Å². The molecule has 34 heavy (non-hydrogen) atoms. The Labute approximate surface area is 202 Å². The van der Waals surface area contributed by atoms with Gasteiger partial charge in [-0.2, -0.15) is 0 Å². The van der Waals surface area contributed by atoms with Crippen molar-refractivity contribution in [3.8, 4) is 17.2 Å². The van der Waals surface area contributed by atoms with Crippen LogP contribution in [0.3, 0.4) is 0 Å². The predicted molar refractivity (Wildman–Crippen MR) is 133 cm³/mol. The molecular weight excluding hydrogens is 430 g/mol. The highest BCUT2D eigenvalue weighted by molar-refractivity contribution is 5.82. The maximum absolute atomic E-state index is 13.0. The summed E-state index contributed by atoms with van der Waals surface area (Å²) in [5.74, 6) is 2.32. The predicted octanol–water partition coefficient (Wildman–Crippen LogP) is 3.15. The van der Waals surface area contributed by atoms with Crippen molar-refractivity contribution in [3.05, 3.63) is 59.7 Å². The van der Waals surface area contributed by atoms with Crippen LogP contribution in [0.2, 0.25) is 0 Å². The summed E-state index contributed by atoms with van der Waals surface area (Å²) in [4.78, 5) is 19.7. The van der Waals surface area contributed by atoms with Crippen LogP contribution in [0.25, 0.3) is 5.57 Å². The number of hydrogen-bond donors (Lipinski definition) is 0. The summed E-state index contributed by atoms with van der Waals surface area (Å²) in [6.07, 6.45) is 2.88. The first-order valence-electron chi connectivity index (χ1n) is 11.9. The number of rotatable bonds is 8. The molecule has 2 aromatic carbocycles. The molecule has 182 valence electrons. The van der Waals surface area contributed by atoms with Gasteiger partial charge in [-0.25, -0.2) is 0 Å². The highest BCUT2D eigenvalue weighted by Crippen LogP contribution is 2.40. The van der Waals surface area contributed by atoms with Crippen LogP contribution in [0.15, 0.2) is 48.5 Å². The van der Waals surface area contributed by atoms with E-state index in [-0.39, 0.29) is 5.91 Å². The minimum absolute atomic E-state index is 0.195. The molecule has 2 aliphatic rings. The van der Waals surface area contributed by atoms with Crippen molar-refractivity contribution in [2.24, 2.45) is 0 Å². The summed E-state index contributed by atoms with van der Waals surface area (Å²) in [5, 5.41) is 0. The van der Waals surface area contributed by atoms with Gasteiger partial charge in [-0.1, -0.05) is 36.4 Å². The van der Waals surface area contributed by atoms with Crippen molar-refractivity contribution in [2.45, 2.75) is 13.0 Å². The number of carbonyl (C=O) groups excluding carboxylic acids is 1. The standard InChI is InChI=1S/C27H35N3O4/c1-32-23-17-24(33-2)27(25(18-23)34-3)22-9-11-30(12-10-22)26(31)20-29-15-13-28(14-16-29)19-21-7-5-4-6-8-21/h4-9,17-18H,10-16,19-20H2,1-3H3. The Hall–Kier alpha value is -3.03. The summed E-state index contributed by atoms with van der Waals surface area (Å²) in [6.45, 7) is 6.57. The molecule has 0 atom stereocenters. The normalized spacial score (nSPS) is 17.3. The van der Waals surface area contributed by atoms with E-state index >= 15 is 0 Å². The molecule has 0 bridgehead atoms. The van der Waals surface area contributed by atoms with Crippen LogP contribution in [0.5, 0.6) is 17.2 Å². The van der Waals surface area contributed by atoms with E-state index in [0.717, 1.165) is 61.8 Å². The van der Waals surface area contributed by atoms with Crippen molar-refractivity contribution >= 4 is 11.5 Å². The molecule has 0 unspecified atom stereocenters. The van der Waals surface area contributed by atoms with Crippen molar-refractivity contribution in [1.29, 1.82) is 0 Å². The molecule has 1 amide bonds. The second-order valence-corrected chi connectivity index (χ2v) is 8.76. The van der Waals surface area contributed by atoms with Gasteiger partial charge in [-0.3, -0.25) is 14.6 Å². The lowest BCUT2D eigenvalue weighted by Gasteiger charge is -2.36. The van der Waals surface area contributed by atoms with Crippen molar-refractivity contribution in [2.75, 3.05) is 67.1 Å². The van der Waals surface area contributed by atoms with Crippen LogP contribution in [0, 0.1) is 0 Å². The Balaban J connectivity index is 1.31. The molecule has 0 saturated carbocycles. The maximum Gasteiger partial charge on any atom is 0.237 e. The Morgan fingerprint density at radius 2 is 1.50 bits per heavy atom. The second-order valence-electron chi connectivity index (χ2n) is 8.76. The number of amides is 1. The van der Waals surface area contributed by atoms with E-state index in [0.29, 0.717) is 25.4 Å². The third-order valence-electron chi connectivity index (χ3n) is 6.67. The van der Waals surface area contributed by atoms with E-state index in [2.05, 4.69) is 46.2 Å². The van der Waals surface area contributed by atoms with Crippen LogP contribution < -0.4 is 14.2 Å². The number of nitrogens with zero attached hydrogens (tertiary/aromatic N) is 3. The maximum atomic E-state index is 13.0. The van der Waals surface area contributed by atoms with Gasteiger partial charge in [0.1, 0.15) is 17.2 Å². The van der Waals surface area contributed by atoms with Gasteiger partial charge < -0.3 is 19.1 Å². The summed E-state index contributed by atoms with van der Waals surface area (Å²) in [7, 11) is 4.92. The zero-order valence-electron chi connectivity index (χ0n) is 20.5. The van der Waals surface area contributed by atoms with Gasteiger partial charge in [-0.05, 0) is 17.6 Å². The first-order valence-corrected chi connectivity index (χ1v) is 11.9. The molecule has 0 spiro atoms. The van der Waals surface area contributed by atoms with Gasteiger partial charge in [0, 0.05) is 57.9 Å². The van der Waals surface area contributed by atoms with Gasteiger partial charge in [0.2, 0.25) is 5.91 Å². The van der Waals surface area contributed by atoms with Crippen LogP contribution in [-0.2, 0) is 11.3 Å². The summed E-state index contributed by atoms with van der Waals surface area (Å²) >= 11 is 0. The lowest BCUT2D eigenvalue weighted by Crippen LogP contribution is -2.50. The Bertz CT molecular complexity index is 975. The minimum Gasteiger partial charge on any atom is -0.496 e. The molecule has 0 aromatic heterocycles. The Kier molecular flexibility index (Phi) is 8.08. The topological polar surface area (TPSA) is 54.5 Å². The highest BCUT2D eigenvalue weighted by atomic mass is 16.5. The summed E-state index contributed by atoms with van der Waals surface area (Å²) in [5.41, 5.74) is 3.41. The molecule has 0 N–H and O–H groups in total. The number of carbonyl (C=O) groups is 1. The number of benzene rings is 2. The van der Waals surface area contributed by atoms with E-state index in [1.807, 2.05) is 17.0 Å². The van der Waals surface area contributed by atoms with Crippen molar-refractivity contribution in [1.82, 2.24) is 14.7 Å².